The van der Waals surface area contributed by atoms with E-state index in [1.54, 1.807) is 32.4 Å². The minimum Gasteiger partial charge on any atom is -0.493 e. The molecule has 1 spiro atoms. The largest absolute Gasteiger partial charge is 0.493 e. The molecule has 0 aromatic heterocycles. The predicted octanol–water partition coefficient (Wildman–Crippen LogP) is 1.86. The zero-order chi connectivity index (χ0) is 20.5. The maximum Gasteiger partial charge on any atom is 0.228 e. The summed E-state index contributed by atoms with van der Waals surface area (Å²) in [6, 6.07) is 5.40. The Bertz CT molecular complexity index is 839. The van der Waals surface area contributed by atoms with Gasteiger partial charge in [-0.3, -0.25) is 4.79 Å². The van der Waals surface area contributed by atoms with Crippen molar-refractivity contribution in [1.29, 1.82) is 5.41 Å². The van der Waals surface area contributed by atoms with Crippen LogP contribution in [0.15, 0.2) is 42.2 Å². The first-order valence-electron chi connectivity index (χ1n) is 8.96. The van der Waals surface area contributed by atoms with Gasteiger partial charge in [-0.1, -0.05) is 12.6 Å². The Morgan fingerprint density at radius 1 is 1.39 bits per heavy atom. The summed E-state index contributed by atoms with van der Waals surface area (Å²) in [5.41, 5.74) is 0.801. The van der Waals surface area contributed by atoms with Crippen LogP contribution in [0.5, 0.6) is 11.5 Å². The smallest absolute Gasteiger partial charge is 0.228 e. The van der Waals surface area contributed by atoms with E-state index in [2.05, 4.69) is 22.5 Å². The summed E-state index contributed by atoms with van der Waals surface area (Å²) in [7, 11) is 3.11. The van der Waals surface area contributed by atoms with Crippen molar-refractivity contribution < 1.29 is 18.7 Å². The molecule has 1 aliphatic carbocycles. The van der Waals surface area contributed by atoms with Gasteiger partial charge in [0.2, 0.25) is 5.91 Å². The summed E-state index contributed by atoms with van der Waals surface area (Å²) in [5, 5.41) is 16.7. The molecule has 1 saturated carbocycles. The van der Waals surface area contributed by atoms with Crippen LogP contribution >= 0.6 is 0 Å². The highest BCUT2D eigenvalue weighted by Crippen LogP contribution is 2.50. The number of benzene rings is 1. The number of halogens is 1. The quantitative estimate of drug-likeness (QED) is 0.535. The molecule has 150 valence electrons. The second-order valence-corrected chi connectivity index (χ2v) is 6.94. The maximum absolute atomic E-state index is 13.8. The third-order valence-corrected chi connectivity index (χ3v) is 5.12. The van der Waals surface area contributed by atoms with E-state index in [0.29, 0.717) is 29.4 Å². The van der Waals surface area contributed by atoms with Crippen molar-refractivity contribution in [2.75, 3.05) is 14.2 Å². The van der Waals surface area contributed by atoms with Crippen LogP contribution in [-0.2, 0) is 11.3 Å². The second-order valence-electron chi connectivity index (χ2n) is 6.94. The topological polar surface area (TPSA) is 95.5 Å². The van der Waals surface area contributed by atoms with Crippen LogP contribution in [-0.4, -0.2) is 38.2 Å². The van der Waals surface area contributed by atoms with Crippen molar-refractivity contribution in [3.63, 3.8) is 0 Å². The number of amides is 1. The molecule has 1 heterocycles. The lowest BCUT2D eigenvalue weighted by Crippen LogP contribution is -2.52. The van der Waals surface area contributed by atoms with E-state index in [4.69, 9.17) is 14.9 Å². The number of hydrogen-bond donors (Lipinski definition) is 4. The molecule has 4 N–H and O–H groups in total. The lowest BCUT2D eigenvalue weighted by Gasteiger charge is -2.31. The van der Waals surface area contributed by atoms with Crippen molar-refractivity contribution in [1.82, 2.24) is 16.0 Å². The van der Waals surface area contributed by atoms with E-state index in [0.717, 1.165) is 5.56 Å². The Morgan fingerprint density at radius 3 is 2.71 bits per heavy atom. The fraction of sp³-hybridized carbons (Fsp3) is 0.400. The Hall–Kier alpha value is -3.03. The number of carbonyl (C=O) groups is 1. The molecule has 2 aliphatic rings. The van der Waals surface area contributed by atoms with Crippen molar-refractivity contribution in [2.24, 2.45) is 11.8 Å². The first-order chi connectivity index (χ1) is 13.4. The first kappa shape index (κ1) is 19.7. The van der Waals surface area contributed by atoms with Gasteiger partial charge < -0.3 is 30.8 Å². The van der Waals surface area contributed by atoms with Crippen LogP contribution in [0.4, 0.5) is 4.39 Å². The van der Waals surface area contributed by atoms with Gasteiger partial charge in [0, 0.05) is 24.2 Å². The monoisotopic (exact) mass is 388 g/mol. The number of ether oxygens (including phenoxy) is 2. The van der Waals surface area contributed by atoms with Gasteiger partial charge in [-0.2, -0.15) is 0 Å². The fourth-order valence-corrected chi connectivity index (χ4v) is 3.63. The number of hydrogen-bond acceptors (Lipinski definition) is 6. The molecule has 1 aromatic rings. The third kappa shape index (κ3) is 3.42. The standard InChI is InChI=1S/C20H25FN4O3/c1-11-7-15(12(2)21)25-20(24-11)14(9-22)18(20)19(26)23-10-13-5-6-16(27-3)17(8-13)28-4/h5-9,12,14,18,22,24-25H,1,10H2,2-4H3,(H,23,26). The summed E-state index contributed by atoms with van der Waals surface area (Å²) in [4.78, 5) is 12.8. The average Bonchev–Trinajstić information content (AvgIpc) is 3.29. The van der Waals surface area contributed by atoms with E-state index in [1.807, 2.05) is 6.07 Å². The van der Waals surface area contributed by atoms with Gasteiger partial charge in [-0.05, 0) is 30.7 Å². The number of alkyl halides is 1. The summed E-state index contributed by atoms with van der Waals surface area (Å²) in [5.74, 6) is -0.00482. The van der Waals surface area contributed by atoms with Crippen molar-refractivity contribution in [3.8, 4) is 11.5 Å². The van der Waals surface area contributed by atoms with Crippen LogP contribution in [0, 0.1) is 17.2 Å². The second kappa shape index (κ2) is 7.53. The van der Waals surface area contributed by atoms with Crippen LogP contribution in [0.3, 0.4) is 0 Å². The van der Waals surface area contributed by atoms with Crippen LogP contribution in [0.1, 0.15) is 12.5 Å². The third-order valence-electron chi connectivity index (χ3n) is 5.12. The van der Waals surface area contributed by atoms with Gasteiger partial charge in [-0.15, -0.1) is 0 Å². The molecule has 0 saturated heterocycles. The number of nitrogens with one attached hydrogen (secondary N) is 4. The van der Waals surface area contributed by atoms with Crippen molar-refractivity contribution in [3.05, 3.63) is 47.8 Å². The van der Waals surface area contributed by atoms with E-state index in [1.165, 1.54) is 13.1 Å². The number of allylic oxidation sites excluding steroid dienone is 2. The Balaban J connectivity index is 1.70. The fourth-order valence-electron chi connectivity index (χ4n) is 3.63. The Morgan fingerprint density at radius 2 is 2.11 bits per heavy atom. The molecule has 4 atom stereocenters. The van der Waals surface area contributed by atoms with Gasteiger partial charge in [0.15, 0.2) is 11.5 Å². The van der Waals surface area contributed by atoms with Gasteiger partial charge >= 0.3 is 0 Å². The first-order valence-corrected chi connectivity index (χ1v) is 8.96. The summed E-state index contributed by atoms with van der Waals surface area (Å²) < 4.78 is 24.3. The molecule has 0 radical (unpaired) electrons. The molecule has 28 heavy (non-hydrogen) atoms. The zero-order valence-corrected chi connectivity index (χ0v) is 16.1. The molecule has 0 bridgehead atoms. The molecule has 1 amide bonds. The molecule has 1 aliphatic heterocycles. The number of rotatable bonds is 7. The normalized spacial score (nSPS) is 26.4. The Kier molecular flexibility index (Phi) is 5.31. The summed E-state index contributed by atoms with van der Waals surface area (Å²) in [6.45, 7) is 5.55. The lowest BCUT2D eigenvalue weighted by atomic mass is 10.1. The summed E-state index contributed by atoms with van der Waals surface area (Å²) in [6.07, 6.45) is 1.56. The predicted molar refractivity (Wildman–Crippen MR) is 104 cm³/mol. The molecule has 7 nitrogen and oxygen atoms in total. The molecular formula is C20H25FN4O3. The lowest BCUT2D eigenvalue weighted by molar-refractivity contribution is -0.123. The highest BCUT2D eigenvalue weighted by Gasteiger charge is 2.69. The van der Waals surface area contributed by atoms with Gasteiger partial charge in [0.1, 0.15) is 11.8 Å². The van der Waals surface area contributed by atoms with Crippen LogP contribution < -0.4 is 25.4 Å². The average molecular weight is 388 g/mol. The van der Waals surface area contributed by atoms with E-state index < -0.39 is 23.7 Å². The molecule has 3 rings (SSSR count). The zero-order valence-electron chi connectivity index (χ0n) is 16.1. The van der Waals surface area contributed by atoms with E-state index in [-0.39, 0.29) is 5.91 Å². The molecule has 8 heteroatoms. The summed E-state index contributed by atoms with van der Waals surface area (Å²) >= 11 is 0. The van der Waals surface area contributed by atoms with Gasteiger partial charge in [-0.25, -0.2) is 4.39 Å². The number of methoxy groups -OCH3 is 2. The minimum absolute atomic E-state index is 0.233. The van der Waals surface area contributed by atoms with E-state index >= 15 is 0 Å². The van der Waals surface area contributed by atoms with Crippen LogP contribution in [0.2, 0.25) is 0 Å². The van der Waals surface area contributed by atoms with Gasteiger partial charge in [0.05, 0.1) is 26.1 Å². The maximum atomic E-state index is 13.8. The molecular weight excluding hydrogens is 363 g/mol. The highest BCUT2D eigenvalue weighted by atomic mass is 19.1. The van der Waals surface area contributed by atoms with E-state index in [9.17, 15) is 9.18 Å². The minimum atomic E-state index is -1.22. The van der Waals surface area contributed by atoms with Crippen molar-refractivity contribution >= 4 is 12.1 Å². The molecule has 4 unspecified atom stereocenters. The molecule has 1 aromatic carbocycles. The van der Waals surface area contributed by atoms with Gasteiger partial charge in [0.25, 0.3) is 0 Å². The van der Waals surface area contributed by atoms with Crippen molar-refractivity contribution in [2.45, 2.75) is 25.3 Å². The van der Waals surface area contributed by atoms with Crippen LogP contribution in [0.25, 0.3) is 0 Å². The molecule has 1 fully saturated rings. The highest BCUT2D eigenvalue weighted by molar-refractivity contribution is 5.90. The SMILES string of the molecule is C=C1C=C(C(C)F)NC2(N1)C(C=N)C2C(=O)NCc1ccc(OC)c(OC)c1. The Labute approximate surface area is 163 Å². The number of carbonyl (C=O) groups excluding carboxylic acids is 1.